The molecule has 0 aromatic heterocycles. The summed E-state index contributed by atoms with van der Waals surface area (Å²) >= 11 is 0. The summed E-state index contributed by atoms with van der Waals surface area (Å²) in [4.78, 5) is 0. The molecule has 0 bridgehead atoms. The highest BCUT2D eigenvalue weighted by atomic mass is 19.1. The Hall–Kier alpha value is -0.0700. The van der Waals surface area contributed by atoms with Crippen molar-refractivity contribution in [2.24, 2.45) is 10.8 Å². The summed E-state index contributed by atoms with van der Waals surface area (Å²) in [5.74, 6) is 0. The lowest BCUT2D eigenvalue weighted by Gasteiger charge is -2.35. The molecular formula is C12H25F. The Kier molecular flexibility index (Phi) is 3.57. The minimum absolute atomic E-state index is 0.0938. The van der Waals surface area contributed by atoms with Gasteiger partial charge in [-0.15, -0.1) is 0 Å². The number of hydrogen-bond donors (Lipinski definition) is 0. The maximum Gasteiger partial charge on any atom is 0.106 e. The van der Waals surface area contributed by atoms with Gasteiger partial charge in [-0.05, 0) is 37.5 Å². The molecule has 0 aromatic rings. The van der Waals surface area contributed by atoms with E-state index < -0.39 is 5.67 Å². The van der Waals surface area contributed by atoms with Crippen molar-refractivity contribution < 1.29 is 4.39 Å². The Bertz CT molecular complexity index is 137. The van der Waals surface area contributed by atoms with Crippen molar-refractivity contribution in [3.63, 3.8) is 0 Å². The summed E-state index contributed by atoms with van der Waals surface area (Å²) in [7, 11) is 0. The van der Waals surface area contributed by atoms with Gasteiger partial charge in [0, 0.05) is 0 Å². The maximum atomic E-state index is 13.5. The molecule has 0 unspecified atom stereocenters. The third-order valence-corrected chi connectivity index (χ3v) is 1.91. The number of hydrogen-bond acceptors (Lipinski definition) is 0. The molecule has 0 radical (unpaired) electrons. The van der Waals surface area contributed by atoms with E-state index in [0.717, 1.165) is 6.42 Å². The van der Waals surface area contributed by atoms with Crippen LogP contribution in [0.3, 0.4) is 0 Å². The molecule has 0 saturated heterocycles. The van der Waals surface area contributed by atoms with Gasteiger partial charge in [0.2, 0.25) is 0 Å². The Balaban J connectivity index is 4.25. The van der Waals surface area contributed by atoms with Crippen LogP contribution in [0.4, 0.5) is 4.39 Å². The van der Waals surface area contributed by atoms with Crippen LogP contribution in [0.2, 0.25) is 0 Å². The highest BCUT2D eigenvalue weighted by molar-refractivity contribution is 4.82. The van der Waals surface area contributed by atoms with Crippen LogP contribution < -0.4 is 0 Å². The van der Waals surface area contributed by atoms with Gasteiger partial charge in [0.15, 0.2) is 0 Å². The molecule has 80 valence electrons. The predicted octanol–water partition coefficient (Wildman–Crippen LogP) is 4.59. The van der Waals surface area contributed by atoms with Crippen molar-refractivity contribution in [2.75, 3.05) is 0 Å². The highest BCUT2D eigenvalue weighted by Gasteiger charge is 2.31. The second-order valence-corrected chi connectivity index (χ2v) is 6.80. The van der Waals surface area contributed by atoms with Gasteiger partial charge in [-0.25, -0.2) is 4.39 Å². The van der Waals surface area contributed by atoms with Crippen molar-refractivity contribution >= 4 is 0 Å². The van der Waals surface area contributed by atoms with Crippen molar-refractivity contribution in [1.29, 1.82) is 0 Å². The molecule has 1 heteroatoms. The SMILES string of the molecule is CC(C)(C)CC(C)(C)CC(C)(C)F. The van der Waals surface area contributed by atoms with E-state index in [4.69, 9.17) is 0 Å². The van der Waals surface area contributed by atoms with Gasteiger partial charge in [0.1, 0.15) is 5.67 Å². The van der Waals surface area contributed by atoms with Crippen molar-refractivity contribution in [3.8, 4) is 0 Å². The number of halogens is 1. The minimum Gasteiger partial charge on any atom is -0.244 e. The second-order valence-electron chi connectivity index (χ2n) is 6.80. The third-order valence-electron chi connectivity index (χ3n) is 1.91. The molecule has 0 spiro atoms. The summed E-state index contributed by atoms with van der Waals surface area (Å²) in [6.07, 6.45) is 1.70. The Morgan fingerprint density at radius 2 is 1.15 bits per heavy atom. The third kappa shape index (κ3) is 8.27. The van der Waals surface area contributed by atoms with E-state index >= 15 is 0 Å². The lowest BCUT2D eigenvalue weighted by atomic mass is 9.72. The Labute approximate surface area is 82.9 Å². The van der Waals surface area contributed by atoms with Crippen LogP contribution in [0.15, 0.2) is 0 Å². The summed E-state index contributed by atoms with van der Waals surface area (Å²) in [5, 5.41) is 0. The maximum absolute atomic E-state index is 13.5. The van der Waals surface area contributed by atoms with Gasteiger partial charge in [-0.2, -0.15) is 0 Å². The van der Waals surface area contributed by atoms with Gasteiger partial charge < -0.3 is 0 Å². The lowest BCUT2D eigenvalue weighted by molar-refractivity contribution is 0.0961. The van der Waals surface area contributed by atoms with E-state index in [2.05, 4.69) is 34.6 Å². The van der Waals surface area contributed by atoms with Gasteiger partial charge in [-0.1, -0.05) is 34.6 Å². The van der Waals surface area contributed by atoms with Crippen molar-refractivity contribution in [1.82, 2.24) is 0 Å². The molecule has 0 aliphatic heterocycles. The molecular weight excluding hydrogens is 163 g/mol. The zero-order valence-electron chi connectivity index (χ0n) is 10.3. The topological polar surface area (TPSA) is 0 Å². The molecule has 0 saturated carbocycles. The molecule has 0 aliphatic carbocycles. The fourth-order valence-electron chi connectivity index (χ4n) is 2.64. The van der Waals surface area contributed by atoms with Gasteiger partial charge >= 0.3 is 0 Å². The van der Waals surface area contributed by atoms with E-state index in [-0.39, 0.29) is 10.8 Å². The first-order valence-electron chi connectivity index (χ1n) is 5.10. The van der Waals surface area contributed by atoms with Crippen LogP contribution in [0.1, 0.15) is 61.3 Å². The number of rotatable bonds is 3. The molecule has 0 heterocycles. The highest BCUT2D eigenvalue weighted by Crippen LogP contribution is 2.39. The van der Waals surface area contributed by atoms with E-state index in [0.29, 0.717) is 6.42 Å². The molecule has 0 aliphatic rings. The predicted molar refractivity (Wildman–Crippen MR) is 57.7 cm³/mol. The molecule has 0 aromatic carbocycles. The van der Waals surface area contributed by atoms with E-state index in [1.54, 1.807) is 13.8 Å². The van der Waals surface area contributed by atoms with Crippen LogP contribution in [0, 0.1) is 10.8 Å². The summed E-state index contributed by atoms with van der Waals surface area (Å²) in [6, 6.07) is 0. The summed E-state index contributed by atoms with van der Waals surface area (Å²) in [6.45, 7) is 14.3. The monoisotopic (exact) mass is 188 g/mol. The normalized spacial score (nSPS) is 14.8. The number of alkyl halides is 1. The van der Waals surface area contributed by atoms with Gasteiger partial charge in [0.25, 0.3) is 0 Å². The largest absolute Gasteiger partial charge is 0.244 e. The fourth-order valence-corrected chi connectivity index (χ4v) is 2.64. The van der Waals surface area contributed by atoms with Crippen LogP contribution in [-0.4, -0.2) is 5.67 Å². The Morgan fingerprint density at radius 3 is 1.38 bits per heavy atom. The Morgan fingerprint density at radius 1 is 0.769 bits per heavy atom. The zero-order chi connectivity index (χ0) is 10.9. The first-order valence-corrected chi connectivity index (χ1v) is 5.10. The average Bonchev–Trinajstić information content (AvgIpc) is 1.43. The molecule has 0 fully saturated rings. The first-order chi connectivity index (χ1) is 5.41. The molecule has 0 N–H and O–H groups in total. The molecule has 0 nitrogen and oxygen atoms in total. The lowest BCUT2D eigenvalue weighted by Crippen LogP contribution is -2.28. The zero-order valence-corrected chi connectivity index (χ0v) is 10.3. The van der Waals surface area contributed by atoms with E-state index in [9.17, 15) is 4.39 Å². The van der Waals surface area contributed by atoms with Crippen LogP contribution in [-0.2, 0) is 0 Å². The van der Waals surface area contributed by atoms with Crippen LogP contribution in [0.25, 0.3) is 0 Å². The molecule has 0 amide bonds. The van der Waals surface area contributed by atoms with Crippen LogP contribution >= 0.6 is 0 Å². The van der Waals surface area contributed by atoms with E-state index in [1.807, 2.05) is 0 Å². The van der Waals surface area contributed by atoms with E-state index in [1.165, 1.54) is 0 Å². The quantitative estimate of drug-likeness (QED) is 0.608. The average molecular weight is 188 g/mol. The minimum atomic E-state index is -1.05. The smallest absolute Gasteiger partial charge is 0.106 e. The molecule has 0 atom stereocenters. The summed E-state index contributed by atoms with van der Waals surface area (Å²) in [5.41, 5.74) is -0.667. The van der Waals surface area contributed by atoms with Gasteiger partial charge in [0.05, 0.1) is 0 Å². The molecule has 0 rings (SSSR count). The van der Waals surface area contributed by atoms with Gasteiger partial charge in [-0.3, -0.25) is 0 Å². The van der Waals surface area contributed by atoms with Crippen molar-refractivity contribution in [2.45, 2.75) is 67.0 Å². The van der Waals surface area contributed by atoms with Crippen molar-refractivity contribution in [3.05, 3.63) is 0 Å². The molecule has 13 heavy (non-hydrogen) atoms. The first kappa shape index (κ1) is 12.9. The van der Waals surface area contributed by atoms with Crippen LogP contribution in [0.5, 0.6) is 0 Å². The second kappa shape index (κ2) is 3.59. The fraction of sp³-hybridized carbons (Fsp3) is 1.00. The standard InChI is InChI=1S/C12H25F/c1-10(2,3)8-11(4,5)9-12(6,7)13/h8-9H2,1-7H3. The summed E-state index contributed by atoms with van der Waals surface area (Å²) < 4.78 is 13.5.